The first-order chi connectivity index (χ1) is 11.1. The number of aromatic nitrogens is 1. The van der Waals surface area contributed by atoms with E-state index in [1.165, 1.54) is 36.0 Å². The van der Waals surface area contributed by atoms with Crippen molar-refractivity contribution < 1.29 is 9.59 Å². The van der Waals surface area contributed by atoms with E-state index in [4.69, 9.17) is 0 Å². The molecule has 1 aliphatic rings. The molecule has 5 nitrogen and oxygen atoms in total. The van der Waals surface area contributed by atoms with Crippen molar-refractivity contribution in [2.24, 2.45) is 5.92 Å². The van der Waals surface area contributed by atoms with Gasteiger partial charge >= 0.3 is 0 Å². The van der Waals surface area contributed by atoms with Crippen molar-refractivity contribution in [1.82, 2.24) is 10.3 Å². The van der Waals surface area contributed by atoms with Crippen LogP contribution in [0.4, 0.5) is 5.13 Å². The lowest BCUT2D eigenvalue weighted by atomic mass is 9.96. The summed E-state index contributed by atoms with van der Waals surface area (Å²) in [5.41, 5.74) is 0.360. The number of carbonyl (C=O) groups is 2. The van der Waals surface area contributed by atoms with Crippen LogP contribution in [0.1, 0.15) is 54.0 Å². The normalized spacial score (nSPS) is 16.2. The van der Waals surface area contributed by atoms with Crippen molar-refractivity contribution in [3.63, 3.8) is 0 Å². The summed E-state index contributed by atoms with van der Waals surface area (Å²) in [7, 11) is 0. The second-order valence-corrected chi connectivity index (χ2v) is 7.57. The van der Waals surface area contributed by atoms with E-state index in [2.05, 4.69) is 21.7 Å². The van der Waals surface area contributed by atoms with Gasteiger partial charge in [0.05, 0.1) is 6.04 Å². The molecule has 2 N–H and O–H groups in total. The number of thiophene rings is 1. The quantitative estimate of drug-likeness (QED) is 0.862. The lowest BCUT2D eigenvalue weighted by molar-refractivity contribution is -0.114. The van der Waals surface area contributed by atoms with Gasteiger partial charge in [0, 0.05) is 17.2 Å². The molecular weight excluding hydrogens is 330 g/mol. The molecule has 0 bridgehead atoms. The number of hydrogen-bond acceptors (Lipinski definition) is 5. The molecule has 2 aromatic heterocycles. The summed E-state index contributed by atoms with van der Waals surface area (Å²) in [5, 5.41) is 9.93. The highest BCUT2D eigenvalue weighted by atomic mass is 32.1. The minimum Gasteiger partial charge on any atom is -0.343 e. The molecule has 7 heteroatoms. The fourth-order valence-electron chi connectivity index (χ4n) is 2.98. The maximum atomic E-state index is 12.5. The Balaban J connectivity index is 1.73. The Bertz CT molecular complexity index is 675. The smallest absolute Gasteiger partial charge is 0.271 e. The fourth-order valence-corrected chi connectivity index (χ4v) is 4.59. The Hall–Kier alpha value is -1.73. The number of thiazole rings is 1. The van der Waals surface area contributed by atoms with Gasteiger partial charge in [-0.3, -0.25) is 9.59 Å². The standard InChI is InChI=1S/C16H19N3O2S2/c1-10(20)17-16-18-12(9-23-16)15(21)19-14(11-5-2-3-6-11)13-7-4-8-22-13/h4,7-9,11,14H,2-3,5-6H2,1H3,(H,19,21)(H,17,18,20)/t14-/m0/s1. The van der Waals surface area contributed by atoms with Crippen LogP contribution in [0.15, 0.2) is 22.9 Å². The van der Waals surface area contributed by atoms with Crippen molar-refractivity contribution in [2.75, 3.05) is 5.32 Å². The maximum absolute atomic E-state index is 12.5. The summed E-state index contributed by atoms with van der Waals surface area (Å²) in [5.74, 6) is 0.128. The molecule has 1 atom stereocenters. The van der Waals surface area contributed by atoms with Crippen molar-refractivity contribution in [2.45, 2.75) is 38.6 Å². The topological polar surface area (TPSA) is 71.1 Å². The van der Waals surface area contributed by atoms with Crippen LogP contribution in [0.2, 0.25) is 0 Å². The SMILES string of the molecule is CC(=O)Nc1nc(C(=O)N[C@H](c2cccs2)C2CCCC2)cs1. The number of nitrogens with zero attached hydrogens (tertiary/aromatic N) is 1. The van der Waals surface area contributed by atoms with Crippen LogP contribution in [0.5, 0.6) is 0 Å². The van der Waals surface area contributed by atoms with Crippen LogP contribution in [0.3, 0.4) is 0 Å². The Labute approximate surface area is 143 Å². The fraction of sp³-hybridized carbons (Fsp3) is 0.438. The number of anilines is 1. The predicted octanol–water partition coefficient (Wildman–Crippen LogP) is 3.82. The highest BCUT2D eigenvalue weighted by molar-refractivity contribution is 7.14. The van der Waals surface area contributed by atoms with Crippen molar-refractivity contribution in [3.8, 4) is 0 Å². The first-order valence-corrected chi connectivity index (χ1v) is 9.47. The Morgan fingerprint density at radius 1 is 1.30 bits per heavy atom. The zero-order valence-electron chi connectivity index (χ0n) is 12.9. The van der Waals surface area contributed by atoms with Gasteiger partial charge in [0.25, 0.3) is 5.91 Å². The molecule has 1 saturated carbocycles. The van der Waals surface area contributed by atoms with Crippen LogP contribution < -0.4 is 10.6 Å². The van der Waals surface area contributed by atoms with Crippen LogP contribution >= 0.6 is 22.7 Å². The molecule has 1 fully saturated rings. The van der Waals surface area contributed by atoms with Gasteiger partial charge in [0.15, 0.2) is 5.13 Å². The number of nitrogens with one attached hydrogen (secondary N) is 2. The Morgan fingerprint density at radius 3 is 2.74 bits per heavy atom. The maximum Gasteiger partial charge on any atom is 0.271 e. The van der Waals surface area contributed by atoms with Gasteiger partial charge in [-0.05, 0) is 30.2 Å². The van der Waals surface area contributed by atoms with E-state index in [0.717, 1.165) is 12.8 Å². The van der Waals surface area contributed by atoms with Gasteiger partial charge in [-0.2, -0.15) is 0 Å². The lowest BCUT2D eigenvalue weighted by Crippen LogP contribution is -2.32. The number of amides is 2. The molecule has 122 valence electrons. The molecule has 23 heavy (non-hydrogen) atoms. The predicted molar refractivity (Wildman–Crippen MR) is 92.9 cm³/mol. The molecule has 1 aliphatic carbocycles. The molecule has 2 amide bonds. The third kappa shape index (κ3) is 3.97. The highest BCUT2D eigenvalue weighted by Crippen LogP contribution is 2.37. The molecule has 0 aromatic carbocycles. The summed E-state index contributed by atoms with van der Waals surface area (Å²) in [4.78, 5) is 29.0. The summed E-state index contributed by atoms with van der Waals surface area (Å²) in [6.45, 7) is 1.42. The molecule has 0 unspecified atom stereocenters. The zero-order valence-corrected chi connectivity index (χ0v) is 14.5. The van der Waals surface area contributed by atoms with Crippen LogP contribution in [-0.4, -0.2) is 16.8 Å². The van der Waals surface area contributed by atoms with Gasteiger partial charge in [0.1, 0.15) is 5.69 Å². The van der Waals surface area contributed by atoms with Gasteiger partial charge in [-0.1, -0.05) is 18.9 Å². The van der Waals surface area contributed by atoms with Crippen molar-refractivity contribution >= 4 is 39.6 Å². The summed E-state index contributed by atoms with van der Waals surface area (Å²) >= 11 is 2.94. The second-order valence-electron chi connectivity index (χ2n) is 5.73. The third-order valence-electron chi connectivity index (χ3n) is 4.03. The summed E-state index contributed by atoms with van der Waals surface area (Å²) in [6.07, 6.45) is 4.76. The van der Waals surface area contributed by atoms with Crippen molar-refractivity contribution in [3.05, 3.63) is 33.5 Å². The molecule has 0 saturated heterocycles. The van der Waals surface area contributed by atoms with Crippen LogP contribution in [0.25, 0.3) is 0 Å². The van der Waals surface area contributed by atoms with Gasteiger partial charge in [0.2, 0.25) is 5.91 Å². The average Bonchev–Trinajstić information content (AvgIpc) is 3.25. The highest BCUT2D eigenvalue weighted by Gasteiger charge is 2.29. The second kappa shape index (κ2) is 7.23. The van der Waals surface area contributed by atoms with E-state index in [9.17, 15) is 9.59 Å². The van der Waals surface area contributed by atoms with E-state index in [0.29, 0.717) is 16.7 Å². The molecule has 2 aromatic rings. The van der Waals surface area contributed by atoms with E-state index in [1.54, 1.807) is 16.7 Å². The zero-order chi connectivity index (χ0) is 16.2. The Morgan fingerprint density at radius 2 is 2.09 bits per heavy atom. The molecule has 0 radical (unpaired) electrons. The molecule has 0 aliphatic heterocycles. The van der Waals surface area contributed by atoms with E-state index < -0.39 is 0 Å². The van der Waals surface area contributed by atoms with Gasteiger partial charge in [-0.15, -0.1) is 22.7 Å². The van der Waals surface area contributed by atoms with Gasteiger partial charge < -0.3 is 10.6 Å². The molecule has 2 heterocycles. The largest absolute Gasteiger partial charge is 0.343 e. The minimum atomic E-state index is -0.186. The average molecular weight is 349 g/mol. The first-order valence-electron chi connectivity index (χ1n) is 7.71. The van der Waals surface area contributed by atoms with E-state index in [-0.39, 0.29) is 17.9 Å². The third-order valence-corrected chi connectivity index (χ3v) is 5.74. The van der Waals surface area contributed by atoms with E-state index >= 15 is 0 Å². The number of hydrogen-bond donors (Lipinski definition) is 2. The molecular formula is C16H19N3O2S2. The Kier molecular flexibility index (Phi) is 5.07. The number of carbonyl (C=O) groups excluding carboxylic acids is 2. The molecule has 3 rings (SSSR count). The monoisotopic (exact) mass is 349 g/mol. The van der Waals surface area contributed by atoms with Crippen LogP contribution in [-0.2, 0) is 4.79 Å². The summed E-state index contributed by atoms with van der Waals surface area (Å²) in [6, 6.07) is 4.15. The number of rotatable bonds is 5. The van der Waals surface area contributed by atoms with Gasteiger partial charge in [-0.25, -0.2) is 4.98 Å². The first kappa shape index (κ1) is 16.1. The van der Waals surface area contributed by atoms with E-state index in [1.807, 2.05) is 11.4 Å². The molecule has 0 spiro atoms. The minimum absolute atomic E-state index is 0.0518. The lowest BCUT2D eigenvalue weighted by Gasteiger charge is -2.23. The van der Waals surface area contributed by atoms with Crippen LogP contribution in [0, 0.1) is 5.92 Å². The summed E-state index contributed by atoms with van der Waals surface area (Å²) < 4.78 is 0. The van der Waals surface area contributed by atoms with Crippen molar-refractivity contribution in [1.29, 1.82) is 0 Å².